The topological polar surface area (TPSA) is 63.2 Å². The quantitative estimate of drug-likeness (QED) is 0.841. The molecule has 0 aliphatic heterocycles. The SMILES string of the molecule is CCS(=O)(=O)CCNC(=O)Cc1cccc(C)c1. The van der Waals surface area contributed by atoms with Crippen LogP contribution in [-0.4, -0.2) is 32.4 Å². The van der Waals surface area contributed by atoms with Crippen LogP contribution in [0.25, 0.3) is 0 Å². The molecule has 0 spiro atoms. The van der Waals surface area contributed by atoms with Crippen molar-refractivity contribution in [3.8, 4) is 0 Å². The number of nitrogens with one attached hydrogen (secondary N) is 1. The van der Waals surface area contributed by atoms with Gasteiger partial charge in [0.05, 0.1) is 12.2 Å². The van der Waals surface area contributed by atoms with Gasteiger partial charge in [0.15, 0.2) is 9.84 Å². The summed E-state index contributed by atoms with van der Waals surface area (Å²) in [6.07, 6.45) is 0.286. The largest absolute Gasteiger partial charge is 0.355 e. The van der Waals surface area contributed by atoms with Gasteiger partial charge in [-0.05, 0) is 12.5 Å². The molecule has 1 aromatic rings. The Labute approximate surface area is 108 Å². The minimum atomic E-state index is -3.01. The average Bonchev–Trinajstić information content (AvgIpc) is 2.28. The van der Waals surface area contributed by atoms with Crippen LogP contribution in [0, 0.1) is 6.92 Å². The lowest BCUT2D eigenvalue weighted by molar-refractivity contribution is -0.120. The van der Waals surface area contributed by atoms with Gasteiger partial charge >= 0.3 is 0 Å². The normalized spacial score (nSPS) is 11.2. The van der Waals surface area contributed by atoms with E-state index in [4.69, 9.17) is 0 Å². The molecule has 1 amide bonds. The fourth-order valence-electron chi connectivity index (χ4n) is 1.56. The van der Waals surface area contributed by atoms with Crippen molar-refractivity contribution in [1.29, 1.82) is 0 Å². The highest BCUT2D eigenvalue weighted by Crippen LogP contribution is 2.04. The molecule has 1 aromatic carbocycles. The zero-order chi connectivity index (χ0) is 13.6. The average molecular weight is 269 g/mol. The number of sulfone groups is 1. The van der Waals surface area contributed by atoms with Crippen molar-refractivity contribution in [3.05, 3.63) is 35.4 Å². The first-order chi connectivity index (χ1) is 8.43. The molecular weight excluding hydrogens is 250 g/mol. The molecule has 0 aliphatic carbocycles. The summed E-state index contributed by atoms with van der Waals surface area (Å²) in [4.78, 5) is 11.6. The fourth-order valence-corrected chi connectivity index (χ4v) is 2.26. The summed E-state index contributed by atoms with van der Waals surface area (Å²) < 4.78 is 22.5. The van der Waals surface area contributed by atoms with Crippen LogP contribution in [0.4, 0.5) is 0 Å². The number of hydrogen-bond donors (Lipinski definition) is 1. The maximum absolute atomic E-state index is 11.6. The number of amides is 1. The third-order valence-electron chi connectivity index (χ3n) is 2.62. The summed E-state index contributed by atoms with van der Waals surface area (Å²) in [5, 5.41) is 2.62. The van der Waals surface area contributed by atoms with Crippen LogP contribution < -0.4 is 5.32 Å². The Balaban J connectivity index is 2.39. The van der Waals surface area contributed by atoms with Crippen molar-refractivity contribution < 1.29 is 13.2 Å². The van der Waals surface area contributed by atoms with Crippen molar-refractivity contribution in [1.82, 2.24) is 5.32 Å². The van der Waals surface area contributed by atoms with E-state index < -0.39 is 9.84 Å². The maximum atomic E-state index is 11.6. The van der Waals surface area contributed by atoms with E-state index >= 15 is 0 Å². The summed E-state index contributed by atoms with van der Waals surface area (Å²) >= 11 is 0. The van der Waals surface area contributed by atoms with Crippen LogP contribution in [0.15, 0.2) is 24.3 Å². The van der Waals surface area contributed by atoms with E-state index in [0.717, 1.165) is 11.1 Å². The first-order valence-corrected chi connectivity index (χ1v) is 7.78. The summed E-state index contributed by atoms with van der Waals surface area (Å²) in [5.41, 5.74) is 2.04. The van der Waals surface area contributed by atoms with Gasteiger partial charge in [0.25, 0.3) is 0 Å². The van der Waals surface area contributed by atoms with E-state index in [0.29, 0.717) is 0 Å². The molecule has 4 nitrogen and oxygen atoms in total. The number of carbonyl (C=O) groups is 1. The predicted octanol–water partition coefficient (Wildman–Crippen LogP) is 1.09. The highest BCUT2D eigenvalue weighted by atomic mass is 32.2. The molecule has 0 unspecified atom stereocenters. The Kier molecular flexibility index (Phi) is 5.34. The van der Waals surface area contributed by atoms with Crippen molar-refractivity contribution in [2.24, 2.45) is 0 Å². The van der Waals surface area contributed by atoms with Crippen molar-refractivity contribution in [2.75, 3.05) is 18.1 Å². The van der Waals surface area contributed by atoms with E-state index in [1.807, 2.05) is 31.2 Å². The molecule has 0 saturated carbocycles. The van der Waals surface area contributed by atoms with E-state index in [9.17, 15) is 13.2 Å². The van der Waals surface area contributed by atoms with Gasteiger partial charge in [-0.3, -0.25) is 4.79 Å². The predicted molar refractivity (Wildman–Crippen MR) is 72.2 cm³/mol. The highest BCUT2D eigenvalue weighted by Gasteiger charge is 2.08. The Morgan fingerprint density at radius 3 is 2.67 bits per heavy atom. The van der Waals surface area contributed by atoms with E-state index in [1.165, 1.54) is 0 Å². The van der Waals surface area contributed by atoms with Gasteiger partial charge in [0, 0.05) is 12.3 Å². The van der Waals surface area contributed by atoms with Crippen LogP contribution >= 0.6 is 0 Å². The van der Waals surface area contributed by atoms with Gasteiger partial charge in [-0.25, -0.2) is 8.42 Å². The lowest BCUT2D eigenvalue weighted by Gasteiger charge is -2.06. The first kappa shape index (κ1) is 14.7. The van der Waals surface area contributed by atoms with E-state index in [2.05, 4.69) is 5.32 Å². The molecule has 0 fully saturated rings. The second-order valence-electron chi connectivity index (χ2n) is 4.25. The van der Waals surface area contributed by atoms with Crippen molar-refractivity contribution >= 4 is 15.7 Å². The molecular formula is C13H19NO3S. The van der Waals surface area contributed by atoms with Crippen LogP contribution in [-0.2, 0) is 21.1 Å². The Hall–Kier alpha value is -1.36. The third-order valence-corrected chi connectivity index (χ3v) is 4.33. The molecule has 0 heterocycles. The summed E-state index contributed by atoms with van der Waals surface area (Å²) in [7, 11) is -3.01. The van der Waals surface area contributed by atoms with Crippen LogP contribution in [0.3, 0.4) is 0 Å². The van der Waals surface area contributed by atoms with Gasteiger partial charge in [0.1, 0.15) is 0 Å². The van der Waals surface area contributed by atoms with E-state index in [-0.39, 0.29) is 30.4 Å². The lowest BCUT2D eigenvalue weighted by Crippen LogP contribution is -2.30. The van der Waals surface area contributed by atoms with Crippen LogP contribution in [0.2, 0.25) is 0 Å². The van der Waals surface area contributed by atoms with E-state index in [1.54, 1.807) is 6.92 Å². The molecule has 0 radical (unpaired) electrons. The second kappa shape index (κ2) is 6.54. The number of hydrogen-bond acceptors (Lipinski definition) is 3. The first-order valence-electron chi connectivity index (χ1n) is 5.95. The standard InChI is InChI=1S/C13H19NO3S/c1-3-18(16,17)8-7-14-13(15)10-12-6-4-5-11(2)9-12/h4-6,9H,3,7-8,10H2,1-2H3,(H,14,15). The molecule has 100 valence electrons. The molecule has 0 saturated heterocycles. The third kappa shape index (κ3) is 5.31. The van der Waals surface area contributed by atoms with Gasteiger partial charge in [-0.2, -0.15) is 0 Å². The molecule has 18 heavy (non-hydrogen) atoms. The molecule has 5 heteroatoms. The number of benzene rings is 1. The van der Waals surface area contributed by atoms with Crippen molar-refractivity contribution in [2.45, 2.75) is 20.3 Å². The maximum Gasteiger partial charge on any atom is 0.224 e. The zero-order valence-electron chi connectivity index (χ0n) is 10.8. The highest BCUT2D eigenvalue weighted by molar-refractivity contribution is 7.91. The fraction of sp³-hybridized carbons (Fsp3) is 0.462. The van der Waals surface area contributed by atoms with Crippen LogP contribution in [0.1, 0.15) is 18.1 Å². The molecule has 0 aromatic heterocycles. The molecule has 1 N–H and O–H groups in total. The smallest absolute Gasteiger partial charge is 0.224 e. The summed E-state index contributed by atoms with van der Waals surface area (Å²) in [5.74, 6) is -0.0315. The molecule has 0 bridgehead atoms. The van der Waals surface area contributed by atoms with Crippen molar-refractivity contribution in [3.63, 3.8) is 0 Å². The Morgan fingerprint density at radius 2 is 2.06 bits per heavy atom. The lowest BCUT2D eigenvalue weighted by atomic mass is 10.1. The Bertz CT molecular complexity index is 509. The minimum absolute atomic E-state index is 0.00303. The second-order valence-corrected chi connectivity index (χ2v) is 6.72. The number of rotatable bonds is 6. The monoisotopic (exact) mass is 269 g/mol. The number of aryl methyl sites for hydroxylation is 1. The van der Waals surface area contributed by atoms with Gasteiger partial charge < -0.3 is 5.32 Å². The van der Waals surface area contributed by atoms with Gasteiger partial charge in [-0.1, -0.05) is 36.8 Å². The zero-order valence-corrected chi connectivity index (χ0v) is 11.6. The molecule has 0 atom stereocenters. The number of carbonyl (C=O) groups excluding carboxylic acids is 1. The Morgan fingerprint density at radius 1 is 1.33 bits per heavy atom. The van der Waals surface area contributed by atoms with Gasteiger partial charge in [0.2, 0.25) is 5.91 Å². The summed E-state index contributed by atoms with van der Waals surface area (Å²) in [6.45, 7) is 3.75. The van der Waals surface area contributed by atoms with Crippen LogP contribution in [0.5, 0.6) is 0 Å². The summed E-state index contributed by atoms with van der Waals surface area (Å²) in [6, 6.07) is 7.70. The minimum Gasteiger partial charge on any atom is -0.355 e. The molecule has 1 rings (SSSR count). The molecule has 0 aliphatic rings. The van der Waals surface area contributed by atoms with Gasteiger partial charge in [-0.15, -0.1) is 0 Å².